The molecule has 0 aliphatic carbocycles. The average Bonchev–Trinajstić information content (AvgIpc) is 2.53. The summed E-state index contributed by atoms with van der Waals surface area (Å²) in [7, 11) is -3.48. The maximum absolute atomic E-state index is 10.3. The van der Waals surface area contributed by atoms with Crippen molar-refractivity contribution in [3.8, 4) is 0 Å². The highest BCUT2D eigenvalue weighted by Gasteiger charge is 2.44. The monoisotopic (exact) mass is 353 g/mol. The first-order valence-corrected chi connectivity index (χ1v) is 7.82. The van der Waals surface area contributed by atoms with Gasteiger partial charge in [0, 0.05) is 19.5 Å². The van der Waals surface area contributed by atoms with Crippen molar-refractivity contribution in [2.45, 2.75) is 30.7 Å². The Hall–Kier alpha value is -1.18. The van der Waals surface area contributed by atoms with Crippen LogP contribution in [-0.2, 0) is 24.1 Å². The van der Waals surface area contributed by atoms with Gasteiger partial charge in [0.15, 0.2) is 6.29 Å². The number of methoxy groups -OCH3 is 1. The minimum absolute atomic E-state index is 0.719. The van der Waals surface area contributed by atoms with Crippen molar-refractivity contribution in [3.63, 3.8) is 0 Å². The van der Waals surface area contributed by atoms with Crippen LogP contribution in [0.4, 0.5) is 0 Å². The van der Waals surface area contributed by atoms with Gasteiger partial charge < -0.3 is 24.8 Å². The molecule has 2 rings (SSSR count). The first kappa shape index (κ1) is 19.9. The molecule has 0 bridgehead atoms. The lowest BCUT2D eigenvalue weighted by Crippen LogP contribution is -2.59. The summed E-state index contributed by atoms with van der Waals surface area (Å²) in [4.78, 5) is 3.78. The molecule has 1 saturated heterocycles. The van der Waals surface area contributed by atoms with Gasteiger partial charge in [-0.3, -0.25) is 9.54 Å². The van der Waals surface area contributed by atoms with Crippen molar-refractivity contribution in [1.82, 2.24) is 4.98 Å². The van der Waals surface area contributed by atoms with Gasteiger partial charge in [0.05, 0.1) is 6.61 Å². The van der Waals surface area contributed by atoms with Crippen molar-refractivity contribution >= 4 is 10.4 Å². The van der Waals surface area contributed by atoms with Crippen molar-refractivity contribution in [2.24, 2.45) is 0 Å². The summed E-state index contributed by atoms with van der Waals surface area (Å²) in [6.07, 6.45) is -3.62. The Morgan fingerprint density at radius 2 is 1.70 bits per heavy atom. The summed E-state index contributed by atoms with van der Waals surface area (Å²) in [5.74, 6) is 0. The maximum atomic E-state index is 10.3. The van der Waals surface area contributed by atoms with Gasteiger partial charge in [-0.15, -0.1) is 0 Å². The molecule has 1 aliphatic rings. The number of aromatic nitrogens is 1. The number of pyridine rings is 1. The third-order valence-corrected chi connectivity index (χ3v) is 3.28. The number of ether oxygens (including phenoxy) is 2. The van der Waals surface area contributed by atoms with E-state index < -0.39 is 47.7 Å². The largest absolute Gasteiger partial charge is 0.397 e. The Kier molecular flexibility index (Phi) is 7.94. The van der Waals surface area contributed by atoms with E-state index in [9.17, 15) is 23.7 Å². The normalized spacial score (nSPS) is 31.1. The third kappa shape index (κ3) is 6.85. The molecule has 5 atom stereocenters. The molecule has 0 aromatic carbocycles. The van der Waals surface area contributed by atoms with Crippen molar-refractivity contribution in [3.05, 3.63) is 30.6 Å². The van der Waals surface area contributed by atoms with Crippen LogP contribution in [0.3, 0.4) is 0 Å². The number of aliphatic hydroxyl groups is 3. The molecule has 0 amide bonds. The molecular weight excluding hydrogens is 334 g/mol. The number of hydrogen-bond donors (Lipinski definition) is 4. The second-order valence-electron chi connectivity index (χ2n) is 4.49. The zero-order valence-corrected chi connectivity index (χ0v) is 13.0. The SMILES string of the molecule is CO[C@H]1O[C@H](COS(=O)(=O)O)[C@H](O)[C@H](O)[C@H]1O.c1ccncc1. The van der Waals surface area contributed by atoms with E-state index in [0.717, 1.165) is 0 Å². The highest BCUT2D eigenvalue weighted by Crippen LogP contribution is 2.22. The van der Waals surface area contributed by atoms with E-state index in [1.165, 1.54) is 7.11 Å². The van der Waals surface area contributed by atoms with Crippen molar-refractivity contribution in [2.75, 3.05) is 13.7 Å². The molecule has 23 heavy (non-hydrogen) atoms. The highest BCUT2D eigenvalue weighted by atomic mass is 32.3. The van der Waals surface area contributed by atoms with E-state index in [4.69, 9.17) is 9.29 Å². The Bertz CT molecular complexity index is 512. The van der Waals surface area contributed by atoms with Crippen molar-refractivity contribution < 1.29 is 41.9 Å². The number of hydrogen-bond acceptors (Lipinski definition) is 9. The minimum atomic E-state index is -4.68. The van der Waals surface area contributed by atoms with Crippen molar-refractivity contribution in [1.29, 1.82) is 0 Å². The molecule has 1 aromatic heterocycles. The number of aliphatic hydroxyl groups excluding tert-OH is 3. The van der Waals surface area contributed by atoms with Crippen LogP contribution >= 0.6 is 0 Å². The first-order valence-electron chi connectivity index (χ1n) is 6.45. The van der Waals surface area contributed by atoms with Gasteiger partial charge in [0.1, 0.15) is 24.4 Å². The molecule has 0 spiro atoms. The molecule has 0 saturated carbocycles. The molecule has 1 fully saturated rings. The van der Waals surface area contributed by atoms with Crippen LogP contribution in [-0.4, -0.2) is 77.7 Å². The smallest absolute Gasteiger partial charge is 0.387 e. The first-order chi connectivity index (χ1) is 10.8. The van der Waals surface area contributed by atoms with E-state index >= 15 is 0 Å². The molecule has 132 valence electrons. The van der Waals surface area contributed by atoms with Gasteiger partial charge >= 0.3 is 10.4 Å². The Balaban J connectivity index is 0.000000366. The van der Waals surface area contributed by atoms with Gasteiger partial charge in [-0.25, -0.2) is 4.18 Å². The Morgan fingerprint density at radius 3 is 2.09 bits per heavy atom. The van der Waals surface area contributed by atoms with E-state index in [1.807, 2.05) is 18.2 Å². The maximum Gasteiger partial charge on any atom is 0.397 e. The summed E-state index contributed by atoms with van der Waals surface area (Å²) in [5, 5.41) is 28.3. The van der Waals surface area contributed by atoms with Gasteiger partial charge in [0.2, 0.25) is 0 Å². The Morgan fingerprint density at radius 1 is 1.09 bits per heavy atom. The van der Waals surface area contributed by atoms with E-state index in [-0.39, 0.29) is 0 Å². The molecule has 4 N–H and O–H groups in total. The zero-order valence-electron chi connectivity index (χ0n) is 12.2. The molecule has 1 aliphatic heterocycles. The number of rotatable bonds is 4. The minimum Gasteiger partial charge on any atom is -0.387 e. The van der Waals surface area contributed by atoms with Gasteiger partial charge in [-0.1, -0.05) is 6.07 Å². The van der Waals surface area contributed by atoms with Crippen LogP contribution in [0.25, 0.3) is 0 Å². The van der Waals surface area contributed by atoms with E-state index in [2.05, 4.69) is 13.9 Å². The molecule has 2 heterocycles. The fraction of sp³-hybridized carbons (Fsp3) is 0.583. The topological polar surface area (TPSA) is 156 Å². The van der Waals surface area contributed by atoms with Gasteiger partial charge in [-0.2, -0.15) is 8.42 Å². The molecular formula is C12H19NO9S. The third-order valence-electron chi connectivity index (χ3n) is 2.85. The van der Waals surface area contributed by atoms with E-state index in [0.29, 0.717) is 0 Å². The lowest BCUT2D eigenvalue weighted by Gasteiger charge is -2.39. The standard InChI is InChI=1S/C7H14O9S.C5H5N/c1-14-7-6(10)5(9)4(8)3(16-7)2-15-17(11,12)13;1-2-4-6-5-3-1/h3-10H,2H2,1H3,(H,11,12,13);1-5H/t3-,4+,5+,6-,7+;/m1./s1. The van der Waals surface area contributed by atoms with Crippen LogP contribution < -0.4 is 0 Å². The fourth-order valence-corrected chi connectivity index (χ4v) is 2.02. The zero-order chi connectivity index (χ0) is 17.5. The fourth-order valence-electron chi connectivity index (χ4n) is 1.71. The summed E-state index contributed by atoms with van der Waals surface area (Å²) in [5.41, 5.74) is 0. The molecule has 10 nitrogen and oxygen atoms in total. The lowest BCUT2D eigenvalue weighted by molar-refractivity contribution is -0.293. The Labute approximate surface area is 133 Å². The second-order valence-corrected chi connectivity index (χ2v) is 5.58. The van der Waals surface area contributed by atoms with Crippen LogP contribution in [0.1, 0.15) is 0 Å². The predicted octanol–water partition coefficient (Wildman–Crippen LogP) is -1.66. The van der Waals surface area contributed by atoms with E-state index in [1.54, 1.807) is 12.4 Å². The van der Waals surface area contributed by atoms with Gasteiger partial charge in [-0.05, 0) is 12.1 Å². The quantitative estimate of drug-likeness (QED) is 0.462. The lowest BCUT2D eigenvalue weighted by atomic mass is 9.99. The number of nitrogens with zero attached hydrogens (tertiary/aromatic N) is 1. The summed E-state index contributed by atoms with van der Waals surface area (Å²) in [6.45, 7) is -0.719. The molecule has 0 unspecified atom stereocenters. The molecule has 0 radical (unpaired) electrons. The predicted molar refractivity (Wildman–Crippen MR) is 75.4 cm³/mol. The van der Waals surface area contributed by atoms with Gasteiger partial charge in [0.25, 0.3) is 0 Å². The van der Waals surface area contributed by atoms with Crippen LogP contribution in [0, 0.1) is 0 Å². The molecule has 11 heteroatoms. The second kappa shape index (κ2) is 9.20. The average molecular weight is 353 g/mol. The summed E-state index contributed by atoms with van der Waals surface area (Å²) in [6, 6.07) is 5.72. The highest BCUT2D eigenvalue weighted by molar-refractivity contribution is 7.80. The molecule has 1 aromatic rings. The van der Waals surface area contributed by atoms with Crippen LogP contribution in [0.5, 0.6) is 0 Å². The summed E-state index contributed by atoms with van der Waals surface area (Å²) < 4.78 is 42.6. The summed E-state index contributed by atoms with van der Waals surface area (Å²) >= 11 is 0. The van der Waals surface area contributed by atoms with Crippen LogP contribution in [0.15, 0.2) is 30.6 Å². The van der Waals surface area contributed by atoms with Crippen LogP contribution in [0.2, 0.25) is 0 Å².